The Labute approximate surface area is 142 Å². The number of nitriles is 1. The maximum absolute atomic E-state index is 12.1. The number of carbonyl (C=O) groups is 1. The summed E-state index contributed by atoms with van der Waals surface area (Å²) >= 11 is 17.5. The molecule has 1 amide bonds. The Morgan fingerprint density at radius 1 is 1.05 bits per heavy atom. The van der Waals surface area contributed by atoms with Crippen molar-refractivity contribution >= 4 is 52.5 Å². The van der Waals surface area contributed by atoms with E-state index in [0.29, 0.717) is 26.3 Å². The molecule has 0 saturated carbocycles. The average molecular weight is 352 g/mol. The van der Waals surface area contributed by atoms with E-state index in [0.717, 1.165) is 0 Å². The zero-order valence-corrected chi connectivity index (χ0v) is 13.4. The predicted molar refractivity (Wildman–Crippen MR) is 90.1 cm³/mol. The lowest BCUT2D eigenvalue weighted by atomic mass is 10.1. The van der Waals surface area contributed by atoms with Crippen LogP contribution in [0.25, 0.3) is 6.08 Å². The molecule has 22 heavy (non-hydrogen) atoms. The highest BCUT2D eigenvalue weighted by Gasteiger charge is 2.10. The minimum Gasteiger partial charge on any atom is -0.321 e. The summed E-state index contributed by atoms with van der Waals surface area (Å²) in [5, 5.41) is 13.0. The summed E-state index contributed by atoms with van der Waals surface area (Å²) in [5.41, 5.74) is 1.12. The molecule has 0 unspecified atom stereocenters. The molecule has 0 spiro atoms. The molecule has 6 heteroatoms. The molecular formula is C16H9Cl3N2O. The van der Waals surface area contributed by atoms with Gasteiger partial charge in [-0.3, -0.25) is 4.79 Å². The van der Waals surface area contributed by atoms with E-state index in [-0.39, 0.29) is 5.57 Å². The van der Waals surface area contributed by atoms with Gasteiger partial charge in [0.05, 0.1) is 10.0 Å². The maximum Gasteiger partial charge on any atom is 0.266 e. The van der Waals surface area contributed by atoms with Gasteiger partial charge in [-0.15, -0.1) is 0 Å². The lowest BCUT2D eigenvalue weighted by Gasteiger charge is -2.05. The van der Waals surface area contributed by atoms with Crippen LogP contribution in [0.4, 0.5) is 5.69 Å². The van der Waals surface area contributed by atoms with Gasteiger partial charge in [-0.1, -0.05) is 46.9 Å². The number of carbonyl (C=O) groups excluding carboxylic acids is 1. The van der Waals surface area contributed by atoms with E-state index < -0.39 is 5.91 Å². The molecule has 0 radical (unpaired) electrons. The molecule has 0 aromatic heterocycles. The molecule has 0 aliphatic heterocycles. The third-order valence-electron chi connectivity index (χ3n) is 2.72. The van der Waals surface area contributed by atoms with Gasteiger partial charge in [-0.05, 0) is 42.0 Å². The molecule has 0 atom stereocenters. The average Bonchev–Trinajstić information content (AvgIpc) is 2.50. The first-order chi connectivity index (χ1) is 10.5. The van der Waals surface area contributed by atoms with E-state index >= 15 is 0 Å². The summed E-state index contributed by atoms with van der Waals surface area (Å²) in [6.07, 6.45) is 1.48. The van der Waals surface area contributed by atoms with E-state index in [1.165, 1.54) is 12.1 Å². The Balaban J connectivity index is 2.20. The van der Waals surface area contributed by atoms with Crippen molar-refractivity contribution in [1.82, 2.24) is 0 Å². The van der Waals surface area contributed by atoms with Crippen LogP contribution < -0.4 is 5.32 Å². The SMILES string of the molecule is N#C/C(=C\c1ccc(Cl)cc1)C(=O)Nc1ccc(Cl)c(Cl)c1. The minimum absolute atomic E-state index is 0.0339. The number of hydrogen-bond donors (Lipinski definition) is 1. The summed E-state index contributed by atoms with van der Waals surface area (Å²) in [4.78, 5) is 12.1. The number of amides is 1. The van der Waals surface area contributed by atoms with Crippen molar-refractivity contribution in [2.75, 3.05) is 5.32 Å². The first-order valence-corrected chi connectivity index (χ1v) is 7.27. The number of benzene rings is 2. The zero-order chi connectivity index (χ0) is 16.1. The summed E-state index contributed by atoms with van der Waals surface area (Å²) < 4.78 is 0. The van der Waals surface area contributed by atoms with Crippen molar-refractivity contribution in [3.63, 3.8) is 0 Å². The van der Waals surface area contributed by atoms with E-state index in [1.807, 2.05) is 6.07 Å². The van der Waals surface area contributed by atoms with Gasteiger partial charge in [0, 0.05) is 10.7 Å². The largest absolute Gasteiger partial charge is 0.321 e. The second-order valence-corrected chi connectivity index (χ2v) is 5.56. The van der Waals surface area contributed by atoms with Gasteiger partial charge in [0.25, 0.3) is 5.91 Å². The summed E-state index contributed by atoms with van der Waals surface area (Å²) in [7, 11) is 0. The maximum atomic E-state index is 12.1. The van der Waals surface area contributed by atoms with Crippen molar-refractivity contribution in [2.45, 2.75) is 0 Å². The molecular weight excluding hydrogens is 343 g/mol. The van der Waals surface area contributed by atoms with Crippen LogP contribution >= 0.6 is 34.8 Å². The highest BCUT2D eigenvalue weighted by molar-refractivity contribution is 6.42. The fraction of sp³-hybridized carbons (Fsp3) is 0. The Kier molecular flexibility index (Phi) is 5.46. The Hall–Kier alpha value is -1.99. The minimum atomic E-state index is -0.532. The molecule has 0 aliphatic rings. The van der Waals surface area contributed by atoms with Gasteiger partial charge in [0.2, 0.25) is 0 Å². The fourth-order valence-corrected chi connectivity index (χ4v) is 2.07. The molecule has 110 valence electrons. The van der Waals surface area contributed by atoms with Crippen LogP contribution in [0, 0.1) is 11.3 Å². The number of rotatable bonds is 3. The van der Waals surface area contributed by atoms with E-state index in [2.05, 4.69) is 5.32 Å². The van der Waals surface area contributed by atoms with Crippen LogP contribution in [-0.2, 0) is 4.79 Å². The van der Waals surface area contributed by atoms with Gasteiger partial charge in [-0.2, -0.15) is 5.26 Å². The van der Waals surface area contributed by atoms with Crippen molar-refractivity contribution in [3.8, 4) is 6.07 Å². The Morgan fingerprint density at radius 3 is 2.32 bits per heavy atom. The van der Waals surface area contributed by atoms with Gasteiger partial charge in [0.15, 0.2) is 0 Å². The lowest BCUT2D eigenvalue weighted by Crippen LogP contribution is -2.13. The number of nitrogens with zero attached hydrogens (tertiary/aromatic N) is 1. The van der Waals surface area contributed by atoms with Crippen molar-refractivity contribution < 1.29 is 4.79 Å². The summed E-state index contributed by atoms with van der Waals surface area (Å²) in [6, 6.07) is 13.3. The molecule has 0 saturated heterocycles. The van der Waals surface area contributed by atoms with Crippen LogP contribution in [0.15, 0.2) is 48.0 Å². The van der Waals surface area contributed by atoms with Crippen LogP contribution in [0.3, 0.4) is 0 Å². The van der Waals surface area contributed by atoms with Gasteiger partial charge >= 0.3 is 0 Å². The van der Waals surface area contributed by atoms with Gasteiger partial charge in [0.1, 0.15) is 11.6 Å². The third kappa shape index (κ3) is 4.25. The predicted octanol–water partition coefficient (Wildman–Crippen LogP) is 5.19. The summed E-state index contributed by atoms with van der Waals surface area (Å²) in [6.45, 7) is 0. The molecule has 2 aromatic rings. The number of halogens is 3. The van der Waals surface area contributed by atoms with E-state index in [4.69, 9.17) is 40.1 Å². The highest BCUT2D eigenvalue weighted by atomic mass is 35.5. The lowest BCUT2D eigenvalue weighted by molar-refractivity contribution is -0.112. The third-order valence-corrected chi connectivity index (χ3v) is 3.71. The number of hydrogen-bond acceptors (Lipinski definition) is 2. The summed E-state index contributed by atoms with van der Waals surface area (Å²) in [5.74, 6) is -0.532. The van der Waals surface area contributed by atoms with E-state index in [1.54, 1.807) is 36.4 Å². The van der Waals surface area contributed by atoms with Gasteiger partial charge in [-0.25, -0.2) is 0 Å². The molecule has 2 rings (SSSR count). The van der Waals surface area contributed by atoms with Gasteiger partial charge < -0.3 is 5.32 Å². The Bertz CT molecular complexity index is 777. The van der Waals surface area contributed by atoms with Crippen LogP contribution in [-0.4, -0.2) is 5.91 Å². The highest BCUT2D eigenvalue weighted by Crippen LogP contribution is 2.25. The topological polar surface area (TPSA) is 52.9 Å². The van der Waals surface area contributed by atoms with Crippen LogP contribution in [0.2, 0.25) is 15.1 Å². The molecule has 1 N–H and O–H groups in total. The molecule has 0 fully saturated rings. The smallest absolute Gasteiger partial charge is 0.266 e. The standard InChI is InChI=1S/C16H9Cl3N2O/c17-12-3-1-10(2-4-12)7-11(9-20)16(22)21-13-5-6-14(18)15(19)8-13/h1-8H,(H,21,22)/b11-7+. The van der Waals surface area contributed by atoms with Crippen LogP contribution in [0.5, 0.6) is 0 Å². The van der Waals surface area contributed by atoms with Crippen molar-refractivity contribution in [2.24, 2.45) is 0 Å². The second kappa shape index (κ2) is 7.33. The molecule has 0 aliphatic carbocycles. The quantitative estimate of drug-likeness (QED) is 0.611. The first-order valence-electron chi connectivity index (χ1n) is 6.13. The first kappa shape index (κ1) is 16.4. The number of nitrogens with one attached hydrogen (secondary N) is 1. The molecule has 0 heterocycles. The Morgan fingerprint density at radius 2 is 1.73 bits per heavy atom. The van der Waals surface area contributed by atoms with Crippen molar-refractivity contribution in [1.29, 1.82) is 5.26 Å². The molecule has 3 nitrogen and oxygen atoms in total. The van der Waals surface area contributed by atoms with E-state index in [9.17, 15) is 4.79 Å². The van der Waals surface area contributed by atoms with Crippen molar-refractivity contribution in [3.05, 3.63) is 68.7 Å². The fourth-order valence-electron chi connectivity index (χ4n) is 1.65. The normalized spacial score (nSPS) is 10.9. The number of anilines is 1. The van der Waals surface area contributed by atoms with Crippen LogP contribution in [0.1, 0.15) is 5.56 Å². The molecule has 2 aromatic carbocycles. The zero-order valence-electron chi connectivity index (χ0n) is 11.1. The second-order valence-electron chi connectivity index (χ2n) is 4.30. The molecule has 0 bridgehead atoms. The monoisotopic (exact) mass is 350 g/mol.